The lowest BCUT2D eigenvalue weighted by Gasteiger charge is -2.08. The summed E-state index contributed by atoms with van der Waals surface area (Å²) in [6, 6.07) is 11.3. The van der Waals surface area contributed by atoms with E-state index in [-0.39, 0.29) is 40.3 Å². The van der Waals surface area contributed by atoms with Crippen molar-refractivity contribution in [2.75, 3.05) is 5.32 Å². The second kappa shape index (κ2) is 9.82. The molecular weight excluding hydrogens is 494 g/mol. The molecular formula is C22H16Cl3FN4O3. The van der Waals surface area contributed by atoms with Gasteiger partial charge in [-0.3, -0.25) is 9.48 Å². The van der Waals surface area contributed by atoms with Crippen molar-refractivity contribution >= 4 is 46.5 Å². The predicted molar refractivity (Wildman–Crippen MR) is 123 cm³/mol. The zero-order valence-electron chi connectivity index (χ0n) is 17.1. The molecule has 1 amide bonds. The van der Waals surface area contributed by atoms with Crippen molar-refractivity contribution in [3.63, 3.8) is 0 Å². The average molecular weight is 510 g/mol. The van der Waals surface area contributed by atoms with Crippen LogP contribution in [-0.2, 0) is 13.2 Å². The van der Waals surface area contributed by atoms with Gasteiger partial charge in [0.05, 0.1) is 17.1 Å². The van der Waals surface area contributed by atoms with Crippen LogP contribution < -0.4 is 10.1 Å². The Bertz CT molecular complexity index is 1300. The largest absolute Gasteiger partial charge is 0.487 e. The number of hydrogen-bond acceptors (Lipinski definition) is 5. The van der Waals surface area contributed by atoms with Crippen LogP contribution in [0.5, 0.6) is 5.75 Å². The fourth-order valence-corrected chi connectivity index (χ4v) is 3.64. The number of aryl methyl sites for hydroxylation is 1. The maximum Gasteiger partial charge on any atom is 0.279 e. The highest BCUT2D eigenvalue weighted by molar-refractivity contribution is 6.33. The molecule has 4 aromatic rings. The van der Waals surface area contributed by atoms with Crippen molar-refractivity contribution in [2.24, 2.45) is 0 Å². The molecule has 0 aliphatic rings. The molecule has 2 aromatic heterocycles. The fraction of sp³-hybridized carbons (Fsp3) is 0.136. The molecule has 0 saturated carbocycles. The summed E-state index contributed by atoms with van der Waals surface area (Å²) >= 11 is 18.4. The Labute approximate surface area is 203 Å². The number of carbonyl (C=O) groups excluding carboxylic acids is 1. The molecule has 0 fully saturated rings. The Morgan fingerprint density at radius 2 is 1.85 bits per heavy atom. The number of para-hydroxylation sites is 1. The molecule has 2 heterocycles. The third-order valence-electron chi connectivity index (χ3n) is 4.74. The highest BCUT2D eigenvalue weighted by Gasteiger charge is 2.23. The summed E-state index contributed by atoms with van der Waals surface area (Å²) in [5, 5.41) is 11.5. The third kappa shape index (κ3) is 5.13. The monoisotopic (exact) mass is 508 g/mol. The van der Waals surface area contributed by atoms with Gasteiger partial charge >= 0.3 is 0 Å². The lowest BCUT2D eigenvalue weighted by molar-refractivity contribution is 0.101. The first-order chi connectivity index (χ1) is 15.8. The van der Waals surface area contributed by atoms with Crippen LogP contribution in [0.3, 0.4) is 0 Å². The van der Waals surface area contributed by atoms with Gasteiger partial charge < -0.3 is 14.6 Å². The molecule has 0 aliphatic carbocycles. The van der Waals surface area contributed by atoms with E-state index < -0.39 is 11.7 Å². The summed E-state index contributed by atoms with van der Waals surface area (Å²) in [6.07, 6.45) is 1.45. The molecule has 2 aromatic carbocycles. The zero-order chi connectivity index (χ0) is 23.5. The zero-order valence-corrected chi connectivity index (χ0v) is 19.4. The van der Waals surface area contributed by atoms with Gasteiger partial charge in [0.25, 0.3) is 5.91 Å². The van der Waals surface area contributed by atoms with E-state index in [4.69, 9.17) is 44.1 Å². The summed E-state index contributed by atoms with van der Waals surface area (Å²) in [6.45, 7) is 1.70. The molecule has 7 nitrogen and oxygen atoms in total. The molecule has 0 atom stereocenters. The topological polar surface area (TPSA) is 82.2 Å². The van der Waals surface area contributed by atoms with Crippen molar-refractivity contribution in [3.8, 4) is 5.75 Å². The van der Waals surface area contributed by atoms with Gasteiger partial charge in [0.2, 0.25) is 0 Å². The number of ether oxygens (including phenoxy) is 1. The van der Waals surface area contributed by atoms with Gasteiger partial charge in [0, 0.05) is 16.8 Å². The molecule has 33 heavy (non-hydrogen) atoms. The van der Waals surface area contributed by atoms with Crippen LogP contribution >= 0.6 is 34.8 Å². The molecule has 0 unspecified atom stereocenters. The molecule has 11 heteroatoms. The molecule has 0 saturated heterocycles. The van der Waals surface area contributed by atoms with E-state index in [0.29, 0.717) is 22.1 Å². The molecule has 170 valence electrons. The first-order valence-corrected chi connectivity index (χ1v) is 10.8. The summed E-state index contributed by atoms with van der Waals surface area (Å²) in [7, 11) is 0. The lowest BCUT2D eigenvalue weighted by Crippen LogP contribution is -2.16. The van der Waals surface area contributed by atoms with Crippen LogP contribution in [0.25, 0.3) is 0 Å². The number of rotatable bonds is 7. The van der Waals surface area contributed by atoms with Crippen molar-refractivity contribution in [1.29, 1.82) is 0 Å². The fourth-order valence-electron chi connectivity index (χ4n) is 3.03. The van der Waals surface area contributed by atoms with E-state index in [1.165, 1.54) is 23.0 Å². The van der Waals surface area contributed by atoms with Gasteiger partial charge in [-0.2, -0.15) is 5.10 Å². The summed E-state index contributed by atoms with van der Waals surface area (Å²) < 4.78 is 26.3. The number of aromatic nitrogens is 3. The van der Waals surface area contributed by atoms with Crippen LogP contribution in [0.15, 0.2) is 53.2 Å². The predicted octanol–water partition coefficient (Wildman–Crippen LogP) is 6.16. The second-order valence-corrected chi connectivity index (χ2v) is 8.18. The van der Waals surface area contributed by atoms with E-state index in [9.17, 15) is 9.18 Å². The Morgan fingerprint density at radius 3 is 2.61 bits per heavy atom. The second-order valence-electron chi connectivity index (χ2n) is 6.96. The standard InChI is InChI=1S/C22H16Cl3FN4O3/c1-12-14(11-32-19-8-3-2-5-16(19)24)20(29-33-12)22(31)27-21-17(25)10-30(28-21)9-13-15(23)6-4-7-18(13)26/h2-8,10H,9,11H2,1H3,(H,27,28,31). The average Bonchev–Trinajstić information content (AvgIpc) is 3.32. The summed E-state index contributed by atoms with van der Waals surface area (Å²) in [4.78, 5) is 12.9. The Hall–Kier alpha value is -3.07. The van der Waals surface area contributed by atoms with Gasteiger partial charge in [-0.15, -0.1) is 0 Å². The molecule has 0 aliphatic heterocycles. The van der Waals surface area contributed by atoms with Crippen LogP contribution in [0.1, 0.15) is 27.4 Å². The quantitative estimate of drug-likeness (QED) is 0.323. The Morgan fingerprint density at radius 1 is 1.09 bits per heavy atom. The highest BCUT2D eigenvalue weighted by Crippen LogP contribution is 2.27. The highest BCUT2D eigenvalue weighted by atomic mass is 35.5. The number of anilines is 1. The number of halogens is 4. The van der Waals surface area contributed by atoms with Gasteiger partial charge in [0.1, 0.15) is 29.0 Å². The van der Waals surface area contributed by atoms with Crippen LogP contribution in [0.4, 0.5) is 10.2 Å². The van der Waals surface area contributed by atoms with Gasteiger partial charge in [-0.25, -0.2) is 4.39 Å². The molecule has 0 spiro atoms. The number of nitrogens with zero attached hydrogens (tertiary/aromatic N) is 3. The van der Waals surface area contributed by atoms with E-state index in [0.717, 1.165) is 0 Å². The minimum absolute atomic E-state index is 0.00970. The van der Waals surface area contributed by atoms with Gasteiger partial charge in [-0.1, -0.05) is 58.2 Å². The first-order valence-electron chi connectivity index (χ1n) is 9.63. The van der Waals surface area contributed by atoms with Crippen molar-refractivity contribution < 1.29 is 18.4 Å². The first kappa shape index (κ1) is 23.1. The van der Waals surface area contributed by atoms with Gasteiger partial charge in [-0.05, 0) is 31.2 Å². The minimum Gasteiger partial charge on any atom is -0.487 e. The van der Waals surface area contributed by atoms with Crippen molar-refractivity contribution in [2.45, 2.75) is 20.1 Å². The maximum atomic E-state index is 14.1. The SMILES string of the molecule is Cc1onc(C(=O)Nc2nn(Cc3c(F)cccc3Cl)cc2Cl)c1COc1ccccc1Cl. The van der Waals surface area contributed by atoms with Crippen molar-refractivity contribution in [3.05, 3.63) is 92.1 Å². The Kier molecular flexibility index (Phi) is 6.88. The van der Waals surface area contributed by atoms with Crippen LogP contribution in [0.2, 0.25) is 15.1 Å². The van der Waals surface area contributed by atoms with E-state index in [1.807, 2.05) is 0 Å². The van der Waals surface area contributed by atoms with Crippen LogP contribution in [-0.4, -0.2) is 20.8 Å². The van der Waals surface area contributed by atoms with Crippen LogP contribution in [0, 0.1) is 12.7 Å². The molecule has 4 rings (SSSR count). The maximum absolute atomic E-state index is 14.1. The normalized spacial score (nSPS) is 10.9. The number of nitrogens with one attached hydrogen (secondary N) is 1. The summed E-state index contributed by atoms with van der Waals surface area (Å²) in [5.74, 6) is -0.118. The number of amides is 1. The summed E-state index contributed by atoms with van der Waals surface area (Å²) in [5.41, 5.74) is 0.714. The van der Waals surface area contributed by atoms with E-state index in [2.05, 4.69) is 15.6 Å². The third-order valence-corrected chi connectivity index (χ3v) is 5.68. The smallest absolute Gasteiger partial charge is 0.279 e. The number of carbonyl (C=O) groups is 1. The lowest BCUT2D eigenvalue weighted by atomic mass is 10.2. The van der Waals surface area contributed by atoms with Crippen molar-refractivity contribution in [1.82, 2.24) is 14.9 Å². The Balaban J connectivity index is 1.50. The molecule has 0 bridgehead atoms. The van der Waals surface area contributed by atoms with Gasteiger partial charge in [0.15, 0.2) is 11.5 Å². The minimum atomic E-state index is -0.597. The number of benzene rings is 2. The molecule has 0 radical (unpaired) electrons. The van der Waals surface area contributed by atoms with E-state index >= 15 is 0 Å². The molecule has 1 N–H and O–H groups in total. The van der Waals surface area contributed by atoms with E-state index in [1.54, 1.807) is 37.3 Å². The number of hydrogen-bond donors (Lipinski definition) is 1.